The van der Waals surface area contributed by atoms with Crippen LogP contribution in [0, 0.1) is 5.82 Å². The second-order valence-electron chi connectivity index (χ2n) is 3.46. The third-order valence-corrected chi connectivity index (χ3v) is 5.72. The van der Waals surface area contributed by atoms with Crippen molar-refractivity contribution in [2.24, 2.45) is 0 Å². The summed E-state index contributed by atoms with van der Waals surface area (Å²) in [6, 6.07) is 5.63. The Morgan fingerprint density at radius 1 is 1.64 bits per heavy atom. The Hall–Kier alpha value is -0.683. The Labute approximate surface area is 90.5 Å². The number of rotatable bonds is 2. The van der Waals surface area contributed by atoms with Gasteiger partial charge in [-0.25, -0.2) is 4.39 Å². The van der Waals surface area contributed by atoms with E-state index in [-0.39, 0.29) is 11.4 Å². The van der Waals surface area contributed by atoms with Crippen LogP contribution in [0.5, 0.6) is 0 Å². The zero-order valence-electron chi connectivity index (χ0n) is 7.21. The lowest BCUT2D eigenvalue weighted by Gasteiger charge is -1.99. The minimum Gasteiger partial charge on any atom is -0.486 e. The lowest BCUT2D eigenvalue weighted by molar-refractivity contribution is 0.219. The van der Waals surface area contributed by atoms with E-state index in [2.05, 4.69) is 15.9 Å². The zero-order chi connectivity index (χ0) is 10.3. The molecule has 0 saturated carbocycles. The van der Waals surface area contributed by atoms with Gasteiger partial charge in [-0.3, -0.25) is 4.79 Å². The topological polar surface area (TPSA) is 37.3 Å². The van der Waals surface area contributed by atoms with E-state index in [4.69, 9.17) is 5.11 Å². The van der Waals surface area contributed by atoms with Crippen LogP contribution in [0.15, 0.2) is 22.7 Å². The number of carboxylic acid groups (broad SMARTS) is 1. The number of hydrogen-bond donors (Lipinski definition) is 1. The highest BCUT2D eigenvalue weighted by molar-refractivity contribution is 9.10. The van der Waals surface area contributed by atoms with Crippen molar-refractivity contribution in [1.82, 2.24) is 0 Å². The molecular formula is C9H8BrFO2Si. The maximum Gasteiger partial charge on any atom is 0.266 e. The molecule has 1 aromatic carbocycles. The van der Waals surface area contributed by atoms with Crippen LogP contribution in [0.3, 0.4) is 0 Å². The second kappa shape index (κ2) is 3.47. The molecule has 2 atom stereocenters. The predicted molar refractivity (Wildman–Crippen MR) is 56.8 cm³/mol. The van der Waals surface area contributed by atoms with Crippen molar-refractivity contribution in [3.63, 3.8) is 0 Å². The molecule has 1 aliphatic rings. The summed E-state index contributed by atoms with van der Waals surface area (Å²) in [6.45, 7) is 0. The van der Waals surface area contributed by atoms with Gasteiger partial charge in [-0.15, -0.1) is 0 Å². The summed E-state index contributed by atoms with van der Waals surface area (Å²) in [4.78, 5) is 10.7. The fourth-order valence-electron chi connectivity index (χ4n) is 1.58. The quantitative estimate of drug-likeness (QED) is 0.843. The fraction of sp³-hybridized carbons (Fsp3) is 0.222. The molecule has 0 bridgehead atoms. The first kappa shape index (κ1) is 9.86. The molecule has 0 amide bonds. The average Bonchev–Trinajstić information content (AvgIpc) is 2.89. The van der Waals surface area contributed by atoms with Crippen LogP contribution in [0.2, 0.25) is 6.04 Å². The first-order chi connectivity index (χ1) is 6.59. The average molecular weight is 275 g/mol. The fourth-order valence-corrected chi connectivity index (χ4v) is 4.11. The van der Waals surface area contributed by atoms with Gasteiger partial charge in [0.15, 0.2) is 8.80 Å². The van der Waals surface area contributed by atoms with Gasteiger partial charge in [0, 0.05) is 0 Å². The van der Waals surface area contributed by atoms with Crippen molar-refractivity contribution in [2.45, 2.75) is 11.6 Å². The summed E-state index contributed by atoms with van der Waals surface area (Å²) >= 11 is 3.06. The summed E-state index contributed by atoms with van der Waals surface area (Å²) in [7, 11) is -1.64. The molecule has 1 aromatic rings. The van der Waals surface area contributed by atoms with Crippen LogP contribution in [-0.4, -0.2) is 19.5 Å². The van der Waals surface area contributed by atoms with Gasteiger partial charge >= 0.3 is 0 Å². The molecule has 74 valence electrons. The van der Waals surface area contributed by atoms with Gasteiger partial charge in [0.2, 0.25) is 0 Å². The predicted octanol–water partition coefficient (Wildman–Crippen LogP) is 2.71. The van der Waals surface area contributed by atoms with Crippen molar-refractivity contribution in [3.8, 4) is 0 Å². The van der Waals surface area contributed by atoms with Gasteiger partial charge in [0.05, 0.1) is 4.47 Å². The molecule has 1 aliphatic heterocycles. The van der Waals surface area contributed by atoms with Gasteiger partial charge < -0.3 is 5.11 Å². The van der Waals surface area contributed by atoms with E-state index in [0.717, 1.165) is 11.6 Å². The third kappa shape index (κ3) is 1.74. The minimum absolute atomic E-state index is 0.134. The number of hydrogen-bond acceptors (Lipinski definition) is 1. The summed E-state index contributed by atoms with van der Waals surface area (Å²) in [5, 5.41) is 8.77. The Kier molecular flexibility index (Phi) is 2.44. The standard InChI is InChI=1S/C9H8BrFO2Si/c10-6-2-1-5(3-7(6)11)8-4-14(8)9(12)13/h1-3,8,14H,4H2,(H,12,13)/t8-,14+/m1/s1. The lowest BCUT2D eigenvalue weighted by atomic mass is 10.2. The highest BCUT2D eigenvalue weighted by atomic mass is 79.9. The first-order valence-electron chi connectivity index (χ1n) is 4.27. The smallest absolute Gasteiger partial charge is 0.266 e. The van der Waals surface area contributed by atoms with Crippen molar-refractivity contribution < 1.29 is 14.3 Å². The largest absolute Gasteiger partial charge is 0.486 e. The van der Waals surface area contributed by atoms with Crippen molar-refractivity contribution in [3.05, 3.63) is 34.1 Å². The van der Waals surface area contributed by atoms with Crippen LogP contribution < -0.4 is 0 Å². The van der Waals surface area contributed by atoms with E-state index in [9.17, 15) is 9.18 Å². The molecule has 0 radical (unpaired) electrons. The van der Waals surface area contributed by atoms with Crippen LogP contribution in [-0.2, 0) is 0 Å². The molecule has 1 N–H and O–H groups in total. The monoisotopic (exact) mass is 274 g/mol. The van der Waals surface area contributed by atoms with E-state index in [1.54, 1.807) is 12.1 Å². The summed E-state index contributed by atoms with van der Waals surface area (Å²) < 4.78 is 13.5. The molecular weight excluding hydrogens is 267 g/mol. The molecule has 0 spiro atoms. The van der Waals surface area contributed by atoms with Crippen molar-refractivity contribution >= 4 is 30.3 Å². The van der Waals surface area contributed by atoms with Crippen LogP contribution >= 0.6 is 15.9 Å². The van der Waals surface area contributed by atoms with Crippen LogP contribution in [0.25, 0.3) is 0 Å². The second-order valence-corrected chi connectivity index (χ2v) is 7.30. The van der Waals surface area contributed by atoms with Gasteiger partial charge in [-0.2, -0.15) is 0 Å². The Morgan fingerprint density at radius 2 is 2.36 bits per heavy atom. The van der Waals surface area contributed by atoms with Crippen molar-refractivity contribution in [2.75, 3.05) is 0 Å². The van der Waals surface area contributed by atoms with Gasteiger partial charge in [-0.05, 0) is 45.2 Å². The summed E-state index contributed by atoms with van der Waals surface area (Å²) in [5.74, 6) is -0.312. The number of halogens is 2. The van der Waals surface area contributed by atoms with Gasteiger partial charge in [0.1, 0.15) is 5.82 Å². The Bertz CT molecular complexity index is 396. The summed E-state index contributed by atoms with van der Waals surface area (Å²) in [5.41, 5.74) is 0.318. The van der Waals surface area contributed by atoms with E-state index < -0.39 is 14.4 Å². The number of benzene rings is 1. The molecule has 0 aromatic heterocycles. The van der Waals surface area contributed by atoms with Crippen molar-refractivity contribution in [1.29, 1.82) is 0 Å². The molecule has 5 heteroatoms. The molecule has 0 unspecified atom stereocenters. The minimum atomic E-state index is -1.64. The van der Waals surface area contributed by atoms with E-state index in [1.165, 1.54) is 6.07 Å². The molecule has 14 heavy (non-hydrogen) atoms. The Balaban J connectivity index is 2.20. The lowest BCUT2D eigenvalue weighted by Crippen LogP contribution is -2.08. The number of carbonyl (C=O) groups is 1. The molecule has 1 fully saturated rings. The third-order valence-electron chi connectivity index (χ3n) is 2.48. The SMILES string of the molecule is O=C(O)[Si@H]1C[C@@H]1c1ccc(Br)c(F)c1. The highest BCUT2D eigenvalue weighted by Gasteiger charge is 2.46. The normalized spacial score (nSPS) is 24.7. The van der Waals surface area contributed by atoms with Gasteiger partial charge in [-0.1, -0.05) is 6.07 Å². The maximum absolute atomic E-state index is 13.1. The van der Waals surface area contributed by atoms with Gasteiger partial charge in [0.25, 0.3) is 5.59 Å². The van der Waals surface area contributed by atoms with Crippen LogP contribution in [0.4, 0.5) is 9.18 Å². The molecule has 0 aliphatic carbocycles. The first-order valence-corrected chi connectivity index (χ1v) is 7.12. The summed E-state index contributed by atoms with van der Waals surface area (Å²) in [6.07, 6.45) is 0. The van der Waals surface area contributed by atoms with E-state index in [1.807, 2.05) is 0 Å². The molecule has 1 heterocycles. The Morgan fingerprint density at radius 3 is 2.86 bits per heavy atom. The maximum atomic E-state index is 13.1. The van der Waals surface area contributed by atoms with E-state index in [0.29, 0.717) is 4.47 Å². The van der Waals surface area contributed by atoms with Crippen LogP contribution in [0.1, 0.15) is 11.1 Å². The molecule has 2 nitrogen and oxygen atoms in total. The zero-order valence-corrected chi connectivity index (χ0v) is 9.95. The highest BCUT2D eigenvalue weighted by Crippen LogP contribution is 2.41. The van der Waals surface area contributed by atoms with E-state index >= 15 is 0 Å². The molecule has 2 rings (SSSR count). The molecule has 1 saturated heterocycles.